The smallest absolute Gasteiger partial charge is 0.122 e. The highest BCUT2D eigenvalue weighted by Gasteiger charge is 2.20. The molecule has 0 unspecified atom stereocenters. The molecule has 2 rings (SSSR count). The quantitative estimate of drug-likeness (QED) is 0.685. The molecule has 0 aliphatic rings. The van der Waals surface area contributed by atoms with Gasteiger partial charge in [-0.2, -0.15) is 0 Å². The van der Waals surface area contributed by atoms with Gasteiger partial charge in [0.15, 0.2) is 0 Å². The first-order chi connectivity index (χ1) is 11.3. The summed E-state index contributed by atoms with van der Waals surface area (Å²) in [6.07, 6.45) is -0.505. The van der Waals surface area contributed by atoms with Crippen LogP contribution in [0.4, 0.5) is 0 Å². The van der Waals surface area contributed by atoms with Crippen molar-refractivity contribution < 1.29 is 19.4 Å². The van der Waals surface area contributed by atoms with Crippen molar-refractivity contribution in [3.63, 3.8) is 0 Å². The third-order valence-corrected chi connectivity index (χ3v) is 3.46. The van der Waals surface area contributed by atoms with E-state index in [4.69, 9.17) is 9.47 Å². The van der Waals surface area contributed by atoms with E-state index >= 15 is 0 Å². The summed E-state index contributed by atoms with van der Waals surface area (Å²) in [6, 6.07) is 19.4. The van der Waals surface area contributed by atoms with Gasteiger partial charge in [-0.25, -0.2) is 0 Å². The van der Waals surface area contributed by atoms with Gasteiger partial charge in [0.25, 0.3) is 0 Å². The van der Waals surface area contributed by atoms with E-state index in [1.165, 1.54) is 0 Å². The fourth-order valence-electron chi connectivity index (χ4n) is 2.19. The molecule has 0 bridgehead atoms. The van der Waals surface area contributed by atoms with E-state index in [2.05, 4.69) is 0 Å². The fraction of sp³-hybridized carbons (Fsp3) is 0.316. The van der Waals surface area contributed by atoms with Crippen LogP contribution in [0.3, 0.4) is 0 Å². The third-order valence-electron chi connectivity index (χ3n) is 3.46. The molecule has 4 nitrogen and oxygen atoms in total. The van der Waals surface area contributed by atoms with Crippen molar-refractivity contribution in [3.05, 3.63) is 71.8 Å². The van der Waals surface area contributed by atoms with Crippen LogP contribution in [0.15, 0.2) is 60.7 Å². The van der Waals surface area contributed by atoms with Crippen LogP contribution in [0.5, 0.6) is 0 Å². The van der Waals surface area contributed by atoms with Gasteiger partial charge in [-0.15, -0.1) is 0 Å². The van der Waals surface area contributed by atoms with Gasteiger partial charge in [-0.1, -0.05) is 60.7 Å². The Labute approximate surface area is 136 Å². The van der Waals surface area contributed by atoms with E-state index in [1.807, 2.05) is 60.7 Å². The van der Waals surface area contributed by atoms with Gasteiger partial charge in [0.2, 0.25) is 0 Å². The number of aliphatic hydroxyl groups excluding tert-OH is 1. The van der Waals surface area contributed by atoms with Gasteiger partial charge in [0, 0.05) is 6.42 Å². The van der Waals surface area contributed by atoms with Crippen molar-refractivity contribution in [2.75, 3.05) is 6.61 Å². The number of rotatable bonds is 10. The summed E-state index contributed by atoms with van der Waals surface area (Å²) in [4.78, 5) is 10.8. The summed E-state index contributed by atoms with van der Waals surface area (Å²) in [5, 5.41) is 10.2. The predicted molar refractivity (Wildman–Crippen MR) is 87.8 cm³/mol. The molecule has 0 saturated heterocycles. The normalized spacial score (nSPS) is 13.4. The minimum Gasteiger partial charge on any atom is -0.388 e. The van der Waals surface area contributed by atoms with Crippen molar-refractivity contribution in [1.29, 1.82) is 0 Å². The summed E-state index contributed by atoms with van der Waals surface area (Å²) < 4.78 is 11.2. The number of aldehydes is 1. The van der Waals surface area contributed by atoms with E-state index in [9.17, 15) is 9.90 Å². The van der Waals surface area contributed by atoms with Crippen LogP contribution in [0, 0.1) is 0 Å². The zero-order chi connectivity index (χ0) is 16.3. The van der Waals surface area contributed by atoms with E-state index in [0.717, 1.165) is 17.4 Å². The first-order valence-corrected chi connectivity index (χ1v) is 7.68. The van der Waals surface area contributed by atoms with Gasteiger partial charge >= 0.3 is 0 Å². The Kier molecular flexibility index (Phi) is 7.46. The van der Waals surface area contributed by atoms with Gasteiger partial charge < -0.3 is 19.4 Å². The summed E-state index contributed by atoms with van der Waals surface area (Å²) >= 11 is 0. The van der Waals surface area contributed by atoms with Crippen molar-refractivity contribution in [3.8, 4) is 0 Å². The minimum atomic E-state index is -0.840. The Balaban J connectivity index is 1.78. The van der Waals surface area contributed by atoms with Crippen molar-refractivity contribution in [2.24, 2.45) is 0 Å². The van der Waals surface area contributed by atoms with E-state index in [0.29, 0.717) is 13.2 Å². The number of aliphatic hydroxyl groups is 1. The Bertz CT molecular complexity index is 556. The molecule has 0 aliphatic heterocycles. The molecular weight excluding hydrogens is 292 g/mol. The average Bonchev–Trinajstić information content (AvgIpc) is 2.60. The minimum absolute atomic E-state index is 0.127. The maximum Gasteiger partial charge on any atom is 0.122 e. The van der Waals surface area contributed by atoms with Crippen LogP contribution in [0.2, 0.25) is 0 Å². The predicted octanol–water partition coefficient (Wildman–Crippen LogP) is 2.74. The van der Waals surface area contributed by atoms with E-state index in [1.54, 1.807) is 0 Å². The van der Waals surface area contributed by atoms with Crippen LogP contribution in [0.1, 0.15) is 17.5 Å². The number of carbonyl (C=O) groups excluding carboxylic acids is 1. The first kappa shape index (κ1) is 17.3. The maximum absolute atomic E-state index is 10.8. The molecular formula is C19H22O4. The van der Waals surface area contributed by atoms with Crippen LogP contribution >= 0.6 is 0 Å². The molecule has 0 aliphatic carbocycles. The Morgan fingerprint density at radius 3 is 2.04 bits per heavy atom. The lowest BCUT2D eigenvalue weighted by atomic mass is 10.1. The highest BCUT2D eigenvalue weighted by Crippen LogP contribution is 2.10. The third kappa shape index (κ3) is 6.32. The molecule has 0 saturated carbocycles. The monoisotopic (exact) mass is 314 g/mol. The molecule has 0 radical (unpaired) electrons. The van der Waals surface area contributed by atoms with Crippen LogP contribution in [-0.2, 0) is 27.5 Å². The summed E-state index contributed by atoms with van der Waals surface area (Å²) in [5.74, 6) is 0. The lowest BCUT2D eigenvalue weighted by Crippen LogP contribution is -2.33. The van der Waals surface area contributed by atoms with Gasteiger partial charge in [0.05, 0.1) is 25.9 Å². The number of hydrogen-bond donors (Lipinski definition) is 1. The highest BCUT2D eigenvalue weighted by atomic mass is 16.5. The Morgan fingerprint density at radius 1 is 0.913 bits per heavy atom. The SMILES string of the molecule is O=CC[C@H](OCc1ccccc1)[C@@H](O)COCc1ccccc1. The number of ether oxygens (including phenoxy) is 2. The van der Waals surface area contributed by atoms with Crippen molar-refractivity contribution >= 4 is 6.29 Å². The van der Waals surface area contributed by atoms with Crippen molar-refractivity contribution in [2.45, 2.75) is 31.8 Å². The summed E-state index contributed by atoms with van der Waals surface area (Å²) in [7, 11) is 0. The molecule has 2 aromatic rings. The maximum atomic E-state index is 10.8. The molecule has 122 valence electrons. The molecule has 0 fully saturated rings. The lowest BCUT2D eigenvalue weighted by Gasteiger charge is -2.21. The van der Waals surface area contributed by atoms with Crippen molar-refractivity contribution in [1.82, 2.24) is 0 Å². The van der Waals surface area contributed by atoms with E-state index < -0.39 is 12.2 Å². The summed E-state index contributed by atoms with van der Waals surface area (Å²) in [6.45, 7) is 0.904. The topological polar surface area (TPSA) is 55.8 Å². The van der Waals surface area contributed by atoms with Gasteiger partial charge in [0.1, 0.15) is 12.4 Å². The fourth-order valence-corrected chi connectivity index (χ4v) is 2.19. The first-order valence-electron chi connectivity index (χ1n) is 7.68. The number of carbonyl (C=O) groups is 1. The molecule has 2 aromatic carbocycles. The Morgan fingerprint density at radius 2 is 1.48 bits per heavy atom. The molecule has 4 heteroatoms. The second-order valence-corrected chi connectivity index (χ2v) is 5.31. The molecule has 0 spiro atoms. The second kappa shape index (κ2) is 9.90. The largest absolute Gasteiger partial charge is 0.388 e. The highest BCUT2D eigenvalue weighted by molar-refractivity contribution is 5.50. The molecule has 23 heavy (non-hydrogen) atoms. The average molecular weight is 314 g/mol. The number of hydrogen-bond acceptors (Lipinski definition) is 4. The zero-order valence-electron chi connectivity index (χ0n) is 13.0. The van der Waals surface area contributed by atoms with Gasteiger partial charge in [-0.05, 0) is 11.1 Å². The molecule has 0 heterocycles. The zero-order valence-corrected chi connectivity index (χ0v) is 13.0. The second-order valence-electron chi connectivity index (χ2n) is 5.31. The lowest BCUT2D eigenvalue weighted by molar-refractivity contribution is -0.117. The molecule has 0 amide bonds. The van der Waals surface area contributed by atoms with Crippen LogP contribution in [0.25, 0.3) is 0 Å². The van der Waals surface area contributed by atoms with Gasteiger partial charge in [-0.3, -0.25) is 0 Å². The van der Waals surface area contributed by atoms with Crippen LogP contribution in [-0.4, -0.2) is 30.2 Å². The standard InChI is InChI=1S/C19H22O4/c20-12-11-19(23-14-17-9-5-2-6-10-17)18(21)15-22-13-16-7-3-1-4-8-16/h1-10,12,18-19,21H,11,13-15H2/t18-,19-/m0/s1. The van der Waals surface area contributed by atoms with E-state index in [-0.39, 0.29) is 13.0 Å². The molecule has 0 aromatic heterocycles. The summed E-state index contributed by atoms with van der Waals surface area (Å²) in [5.41, 5.74) is 2.04. The number of benzene rings is 2. The van der Waals surface area contributed by atoms with Crippen LogP contribution < -0.4 is 0 Å². The Hall–Kier alpha value is -2.01. The molecule has 2 atom stereocenters. The molecule has 1 N–H and O–H groups in total.